The fourth-order valence-corrected chi connectivity index (χ4v) is 3.46. The average Bonchev–Trinajstić information content (AvgIpc) is 3.14. The van der Waals surface area contributed by atoms with Gasteiger partial charge in [-0.2, -0.15) is 14.7 Å². The highest BCUT2D eigenvalue weighted by Crippen LogP contribution is 2.30. The average molecular weight is 366 g/mol. The van der Waals surface area contributed by atoms with Gasteiger partial charge in [0.1, 0.15) is 0 Å². The summed E-state index contributed by atoms with van der Waals surface area (Å²) in [4.78, 5) is 4.79. The van der Waals surface area contributed by atoms with E-state index in [0.717, 1.165) is 56.8 Å². The van der Waals surface area contributed by atoms with Gasteiger partial charge >= 0.3 is 0 Å². The molecule has 0 spiro atoms. The van der Waals surface area contributed by atoms with E-state index in [4.69, 9.17) is 21.7 Å². The van der Waals surface area contributed by atoms with Crippen LogP contribution in [0.25, 0.3) is 22.6 Å². The SMILES string of the molecule is CCc1nn2c(-n3nc(C)cc3C)cc(C)nc2c1-c1ccc(Cl)cc1. The van der Waals surface area contributed by atoms with Gasteiger partial charge in [-0.1, -0.05) is 30.7 Å². The van der Waals surface area contributed by atoms with Gasteiger partial charge in [0.05, 0.1) is 11.4 Å². The zero-order chi connectivity index (χ0) is 18.4. The standard InChI is InChI=1S/C20H20ClN5/c1-5-17-19(15-6-8-16(21)9-7-15)20-22-12(2)11-18(26(20)24-17)25-14(4)10-13(3)23-25/h6-11H,5H2,1-4H3. The van der Waals surface area contributed by atoms with Crippen LogP contribution in [0.1, 0.15) is 29.7 Å². The zero-order valence-electron chi connectivity index (χ0n) is 15.3. The monoisotopic (exact) mass is 365 g/mol. The van der Waals surface area contributed by atoms with Crippen LogP contribution in [0, 0.1) is 20.8 Å². The number of fused-ring (bicyclic) bond motifs is 1. The summed E-state index contributed by atoms with van der Waals surface area (Å²) in [6.45, 7) is 8.15. The van der Waals surface area contributed by atoms with E-state index in [0.29, 0.717) is 0 Å². The van der Waals surface area contributed by atoms with Gasteiger partial charge in [-0.15, -0.1) is 0 Å². The van der Waals surface area contributed by atoms with E-state index in [1.807, 2.05) is 60.3 Å². The second-order valence-corrected chi connectivity index (χ2v) is 6.95. The molecule has 0 bridgehead atoms. The Hall–Kier alpha value is -2.66. The number of aromatic nitrogens is 5. The molecule has 0 aliphatic rings. The Labute approximate surface area is 157 Å². The van der Waals surface area contributed by atoms with E-state index in [1.54, 1.807) is 0 Å². The van der Waals surface area contributed by atoms with Crippen LogP contribution in [0.2, 0.25) is 5.02 Å². The summed E-state index contributed by atoms with van der Waals surface area (Å²) in [5, 5.41) is 10.2. The quantitative estimate of drug-likeness (QED) is 0.527. The summed E-state index contributed by atoms with van der Waals surface area (Å²) in [7, 11) is 0. The molecule has 0 fully saturated rings. The summed E-state index contributed by atoms with van der Waals surface area (Å²) in [6.07, 6.45) is 0.816. The summed E-state index contributed by atoms with van der Waals surface area (Å²) < 4.78 is 3.82. The normalized spacial score (nSPS) is 11.4. The van der Waals surface area contributed by atoms with Crippen molar-refractivity contribution >= 4 is 17.2 Å². The van der Waals surface area contributed by atoms with E-state index in [-0.39, 0.29) is 0 Å². The molecule has 0 aliphatic heterocycles. The minimum atomic E-state index is 0.718. The zero-order valence-corrected chi connectivity index (χ0v) is 16.0. The van der Waals surface area contributed by atoms with E-state index < -0.39 is 0 Å². The number of aryl methyl sites for hydroxylation is 4. The van der Waals surface area contributed by atoms with Gasteiger partial charge in [0.2, 0.25) is 0 Å². The van der Waals surface area contributed by atoms with E-state index in [1.165, 1.54) is 0 Å². The Morgan fingerprint density at radius 1 is 0.962 bits per heavy atom. The predicted octanol–water partition coefficient (Wildman–Crippen LogP) is 4.72. The third-order valence-electron chi connectivity index (χ3n) is 4.47. The summed E-state index contributed by atoms with van der Waals surface area (Å²) in [5.41, 5.74) is 6.94. The molecule has 132 valence electrons. The summed E-state index contributed by atoms with van der Waals surface area (Å²) in [5.74, 6) is 0.896. The van der Waals surface area contributed by atoms with Crippen LogP contribution in [0.4, 0.5) is 0 Å². The molecule has 0 aliphatic carbocycles. The fraction of sp³-hybridized carbons (Fsp3) is 0.250. The van der Waals surface area contributed by atoms with Gasteiger partial charge in [0, 0.05) is 28.0 Å². The highest BCUT2D eigenvalue weighted by Gasteiger charge is 2.19. The van der Waals surface area contributed by atoms with Crippen molar-refractivity contribution in [3.63, 3.8) is 0 Å². The van der Waals surface area contributed by atoms with Crippen molar-refractivity contribution in [1.29, 1.82) is 0 Å². The molecule has 0 unspecified atom stereocenters. The van der Waals surface area contributed by atoms with Crippen molar-refractivity contribution in [2.75, 3.05) is 0 Å². The number of halogens is 1. The Kier molecular flexibility index (Phi) is 4.04. The van der Waals surface area contributed by atoms with Gasteiger partial charge in [-0.25, -0.2) is 9.67 Å². The molecule has 0 radical (unpaired) electrons. The van der Waals surface area contributed by atoms with E-state index in [2.05, 4.69) is 18.1 Å². The summed E-state index contributed by atoms with van der Waals surface area (Å²) in [6, 6.07) is 11.9. The highest BCUT2D eigenvalue weighted by atomic mass is 35.5. The third-order valence-corrected chi connectivity index (χ3v) is 4.72. The molecule has 6 heteroatoms. The first-order valence-electron chi connectivity index (χ1n) is 8.66. The number of hydrogen-bond acceptors (Lipinski definition) is 3. The maximum atomic E-state index is 6.07. The van der Waals surface area contributed by atoms with Crippen LogP contribution in [0.15, 0.2) is 36.4 Å². The van der Waals surface area contributed by atoms with E-state index >= 15 is 0 Å². The molecule has 5 nitrogen and oxygen atoms in total. The minimum Gasteiger partial charge on any atom is -0.233 e. The van der Waals surface area contributed by atoms with Crippen molar-refractivity contribution in [2.24, 2.45) is 0 Å². The van der Waals surface area contributed by atoms with Crippen molar-refractivity contribution in [3.05, 3.63) is 64.2 Å². The van der Waals surface area contributed by atoms with Gasteiger partial charge in [-0.05, 0) is 51.0 Å². The Bertz CT molecular complexity index is 1110. The van der Waals surface area contributed by atoms with Crippen LogP contribution in [0.3, 0.4) is 0 Å². The Morgan fingerprint density at radius 2 is 1.69 bits per heavy atom. The summed E-state index contributed by atoms with van der Waals surface area (Å²) >= 11 is 6.07. The number of rotatable bonds is 3. The van der Waals surface area contributed by atoms with Gasteiger partial charge < -0.3 is 0 Å². The minimum absolute atomic E-state index is 0.718. The van der Waals surface area contributed by atoms with Crippen LogP contribution < -0.4 is 0 Å². The second kappa shape index (κ2) is 6.25. The Morgan fingerprint density at radius 3 is 2.31 bits per heavy atom. The molecule has 4 rings (SSSR count). The maximum absolute atomic E-state index is 6.07. The third kappa shape index (κ3) is 2.69. The second-order valence-electron chi connectivity index (χ2n) is 6.51. The topological polar surface area (TPSA) is 48.0 Å². The lowest BCUT2D eigenvalue weighted by molar-refractivity contribution is 0.745. The molecule has 3 heterocycles. The first-order valence-corrected chi connectivity index (χ1v) is 9.04. The lowest BCUT2D eigenvalue weighted by atomic mass is 10.0. The van der Waals surface area contributed by atoms with E-state index in [9.17, 15) is 0 Å². The molecule has 0 saturated carbocycles. The Balaban J connectivity index is 2.05. The number of benzene rings is 1. The van der Waals surface area contributed by atoms with Crippen LogP contribution in [-0.4, -0.2) is 24.4 Å². The van der Waals surface area contributed by atoms with Crippen LogP contribution in [0.5, 0.6) is 0 Å². The van der Waals surface area contributed by atoms with Crippen molar-refractivity contribution < 1.29 is 0 Å². The fourth-order valence-electron chi connectivity index (χ4n) is 3.33. The molecule has 0 saturated heterocycles. The van der Waals surface area contributed by atoms with Crippen LogP contribution >= 0.6 is 11.6 Å². The predicted molar refractivity (Wildman–Crippen MR) is 104 cm³/mol. The van der Waals surface area contributed by atoms with Crippen molar-refractivity contribution in [1.82, 2.24) is 24.4 Å². The molecular weight excluding hydrogens is 346 g/mol. The molecule has 0 N–H and O–H groups in total. The first kappa shape index (κ1) is 16.8. The molecule has 1 aromatic carbocycles. The molecule has 3 aromatic heterocycles. The van der Waals surface area contributed by atoms with Gasteiger partial charge in [0.15, 0.2) is 11.5 Å². The van der Waals surface area contributed by atoms with Crippen molar-refractivity contribution in [2.45, 2.75) is 34.1 Å². The molecule has 4 aromatic rings. The maximum Gasteiger partial charge on any atom is 0.165 e. The molecule has 26 heavy (non-hydrogen) atoms. The first-order chi connectivity index (χ1) is 12.5. The highest BCUT2D eigenvalue weighted by molar-refractivity contribution is 6.30. The van der Waals surface area contributed by atoms with Crippen LogP contribution in [-0.2, 0) is 6.42 Å². The molecule has 0 amide bonds. The number of hydrogen-bond donors (Lipinski definition) is 0. The smallest absolute Gasteiger partial charge is 0.165 e. The molecular formula is C20H20ClN5. The van der Waals surface area contributed by atoms with Gasteiger partial charge in [0.25, 0.3) is 0 Å². The number of nitrogens with zero attached hydrogens (tertiary/aromatic N) is 5. The lowest BCUT2D eigenvalue weighted by Crippen LogP contribution is -2.08. The van der Waals surface area contributed by atoms with Gasteiger partial charge in [-0.3, -0.25) is 0 Å². The van der Waals surface area contributed by atoms with Crippen molar-refractivity contribution in [3.8, 4) is 16.9 Å². The molecule has 0 atom stereocenters. The lowest BCUT2D eigenvalue weighted by Gasteiger charge is -2.08. The largest absolute Gasteiger partial charge is 0.233 e.